The normalized spacial score (nSPS) is 17.4. The van der Waals surface area contributed by atoms with Gasteiger partial charge in [0.05, 0.1) is 25.0 Å². The van der Waals surface area contributed by atoms with Gasteiger partial charge in [-0.05, 0) is 55.3 Å². The molecular formula is C21H24ClNO6S. The van der Waals surface area contributed by atoms with E-state index in [1.807, 2.05) is 0 Å². The predicted molar refractivity (Wildman–Crippen MR) is 112 cm³/mol. The highest BCUT2D eigenvalue weighted by Gasteiger charge is 2.34. The van der Waals surface area contributed by atoms with Crippen molar-refractivity contribution in [2.75, 3.05) is 27.3 Å². The maximum Gasteiger partial charge on any atom is 0.310 e. The third-order valence-electron chi connectivity index (χ3n) is 5.03. The van der Waals surface area contributed by atoms with Gasteiger partial charge < -0.3 is 14.2 Å². The highest BCUT2D eigenvalue weighted by molar-refractivity contribution is 7.89. The number of benzene rings is 2. The monoisotopic (exact) mass is 453 g/mol. The van der Waals surface area contributed by atoms with Gasteiger partial charge in [-0.2, -0.15) is 4.31 Å². The summed E-state index contributed by atoms with van der Waals surface area (Å²) in [6.07, 6.45) is 1.15. The number of carbonyl (C=O) groups excluding carboxylic acids is 1. The van der Waals surface area contributed by atoms with Crippen molar-refractivity contribution in [3.63, 3.8) is 0 Å². The first-order valence-corrected chi connectivity index (χ1v) is 11.3. The molecule has 162 valence electrons. The molecule has 9 heteroatoms. The molecule has 1 atom stereocenters. The Balaban J connectivity index is 1.66. The lowest BCUT2D eigenvalue weighted by atomic mass is 10.00. The first-order valence-electron chi connectivity index (χ1n) is 9.48. The molecule has 0 spiro atoms. The zero-order chi connectivity index (χ0) is 21.7. The van der Waals surface area contributed by atoms with Crippen LogP contribution >= 0.6 is 11.6 Å². The summed E-state index contributed by atoms with van der Waals surface area (Å²) in [5, 5.41) is 0.510. The number of piperidine rings is 1. The number of nitrogens with zero attached hydrogens (tertiary/aromatic N) is 1. The van der Waals surface area contributed by atoms with Crippen molar-refractivity contribution < 1.29 is 27.4 Å². The lowest BCUT2D eigenvalue weighted by Gasteiger charge is -2.30. The topological polar surface area (TPSA) is 82.1 Å². The van der Waals surface area contributed by atoms with E-state index in [0.29, 0.717) is 41.5 Å². The van der Waals surface area contributed by atoms with Gasteiger partial charge in [0.25, 0.3) is 0 Å². The molecule has 1 fully saturated rings. The Kier molecular flexibility index (Phi) is 7.23. The Morgan fingerprint density at radius 1 is 1.13 bits per heavy atom. The van der Waals surface area contributed by atoms with E-state index in [4.69, 9.17) is 25.8 Å². The van der Waals surface area contributed by atoms with Crippen LogP contribution in [0.4, 0.5) is 0 Å². The molecule has 0 saturated carbocycles. The van der Waals surface area contributed by atoms with Crippen molar-refractivity contribution >= 4 is 27.6 Å². The van der Waals surface area contributed by atoms with E-state index in [-0.39, 0.29) is 18.0 Å². The van der Waals surface area contributed by atoms with Crippen molar-refractivity contribution in [1.82, 2.24) is 4.31 Å². The summed E-state index contributed by atoms with van der Waals surface area (Å²) in [5.41, 5.74) is 0.650. The summed E-state index contributed by atoms with van der Waals surface area (Å²) in [6, 6.07) is 11.3. The fraction of sp³-hybridized carbons (Fsp3) is 0.381. The Bertz CT molecular complexity index is 993. The van der Waals surface area contributed by atoms with Gasteiger partial charge in [0.1, 0.15) is 18.1 Å². The van der Waals surface area contributed by atoms with Gasteiger partial charge in [0.15, 0.2) is 0 Å². The van der Waals surface area contributed by atoms with Crippen LogP contribution in [0.15, 0.2) is 47.4 Å². The number of hydrogen-bond donors (Lipinski definition) is 0. The summed E-state index contributed by atoms with van der Waals surface area (Å²) < 4.78 is 43.0. The van der Waals surface area contributed by atoms with Crippen molar-refractivity contribution in [2.24, 2.45) is 5.92 Å². The molecule has 2 aromatic rings. The first kappa shape index (κ1) is 22.4. The van der Waals surface area contributed by atoms with Crippen LogP contribution in [-0.4, -0.2) is 46.0 Å². The molecule has 2 aromatic carbocycles. The van der Waals surface area contributed by atoms with E-state index in [2.05, 4.69) is 0 Å². The maximum absolute atomic E-state index is 13.0. The molecule has 1 saturated heterocycles. The molecule has 3 rings (SSSR count). The minimum atomic E-state index is -3.70. The van der Waals surface area contributed by atoms with Crippen LogP contribution in [0.25, 0.3) is 0 Å². The molecule has 0 amide bonds. The van der Waals surface area contributed by atoms with E-state index >= 15 is 0 Å². The highest BCUT2D eigenvalue weighted by atomic mass is 35.5. The molecule has 0 bridgehead atoms. The van der Waals surface area contributed by atoms with Gasteiger partial charge in [-0.25, -0.2) is 8.42 Å². The fourth-order valence-electron chi connectivity index (χ4n) is 3.38. The van der Waals surface area contributed by atoms with Crippen molar-refractivity contribution in [3.8, 4) is 11.5 Å². The third kappa shape index (κ3) is 5.06. The Morgan fingerprint density at radius 3 is 2.53 bits per heavy atom. The molecule has 1 unspecified atom stereocenters. The largest absolute Gasteiger partial charge is 0.497 e. The quantitative estimate of drug-likeness (QED) is 0.597. The highest BCUT2D eigenvalue weighted by Crippen LogP contribution is 2.27. The zero-order valence-corrected chi connectivity index (χ0v) is 18.4. The molecule has 0 N–H and O–H groups in total. The molecule has 1 heterocycles. The van der Waals surface area contributed by atoms with Crippen LogP contribution in [0.2, 0.25) is 5.02 Å². The van der Waals surface area contributed by atoms with Gasteiger partial charge in [0, 0.05) is 23.7 Å². The number of rotatable bonds is 7. The number of sulfonamides is 1. The van der Waals surface area contributed by atoms with E-state index in [9.17, 15) is 13.2 Å². The maximum atomic E-state index is 13.0. The summed E-state index contributed by atoms with van der Waals surface area (Å²) in [6.45, 7) is 0.449. The summed E-state index contributed by atoms with van der Waals surface area (Å²) >= 11 is 6.01. The summed E-state index contributed by atoms with van der Waals surface area (Å²) in [5.74, 6) is 0.175. The summed E-state index contributed by atoms with van der Waals surface area (Å²) in [7, 11) is -0.662. The molecule has 0 aliphatic carbocycles. The molecular weight excluding hydrogens is 430 g/mol. The minimum absolute atomic E-state index is 0.00426. The smallest absolute Gasteiger partial charge is 0.310 e. The fourth-order valence-corrected chi connectivity index (χ4v) is 5.10. The van der Waals surface area contributed by atoms with Gasteiger partial charge in [-0.3, -0.25) is 4.79 Å². The number of methoxy groups -OCH3 is 2. The number of ether oxygens (including phenoxy) is 3. The average Bonchev–Trinajstić information content (AvgIpc) is 2.77. The number of carbonyl (C=O) groups is 1. The van der Waals surface area contributed by atoms with Crippen LogP contribution in [-0.2, 0) is 26.2 Å². The Hall–Kier alpha value is -2.29. The average molecular weight is 454 g/mol. The van der Waals surface area contributed by atoms with Crippen molar-refractivity contribution in [2.45, 2.75) is 24.3 Å². The zero-order valence-electron chi connectivity index (χ0n) is 16.8. The number of hydrogen-bond acceptors (Lipinski definition) is 6. The molecule has 30 heavy (non-hydrogen) atoms. The minimum Gasteiger partial charge on any atom is -0.497 e. The second kappa shape index (κ2) is 9.68. The van der Waals surface area contributed by atoms with Crippen LogP contribution in [0, 0.1) is 5.92 Å². The van der Waals surface area contributed by atoms with Gasteiger partial charge in [-0.1, -0.05) is 11.6 Å². The van der Waals surface area contributed by atoms with Crippen molar-refractivity contribution in [1.29, 1.82) is 0 Å². The summed E-state index contributed by atoms with van der Waals surface area (Å²) in [4.78, 5) is 12.8. The van der Waals surface area contributed by atoms with E-state index in [0.717, 1.165) is 0 Å². The van der Waals surface area contributed by atoms with Crippen LogP contribution in [0.3, 0.4) is 0 Å². The molecule has 7 nitrogen and oxygen atoms in total. The number of esters is 1. The first-order chi connectivity index (χ1) is 14.3. The van der Waals surface area contributed by atoms with Gasteiger partial charge in [-0.15, -0.1) is 0 Å². The van der Waals surface area contributed by atoms with Crippen molar-refractivity contribution in [3.05, 3.63) is 53.1 Å². The lowest BCUT2D eigenvalue weighted by Crippen LogP contribution is -2.42. The molecule has 0 aromatic heterocycles. The van der Waals surface area contributed by atoms with Crippen LogP contribution < -0.4 is 9.47 Å². The van der Waals surface area contributed by atoms with Gasteiger partial charge >= 0.3 is 5.97 Å². The Labute approximate surface area is 181 Å². The molecule has 0 radical (unpaired) electrons. The Morgan fingerprint density at radius 2 is 1.87 bits per heavy atom. The second-order valence-electron chi connectivity index (χ2n) is 6.94. The second-order valence-corrected chi connectivity index (χ2v) is 9.32. The lowest BCUT2D eigenvalue weighted by molar-refractivity contribution is -0.151. The van der Waals surface area contributed by atoms with E-state index < -0.39 is 21.9 Å². The van der Waals surface area contributed by atoms with E-state index in [1.54, 1.807) is 30.3 Å². The molecule has 1 aliphatic heterocycles. The SMILES string of the molecule is COc1ccc(S(=O)(=O)N2CCCC(C(=O)OCc3cc(Cl)ccc3OC)C2)cc1. The number of halogens is 1. The van der Waals surface area contributed by atoms with E-state index in [1.165, 1.54) is 30.7 Å². The molecule has 1 aliphatic rings. The predicted octanol–water partition coefficient (Wildman–Crippen LogP) is 3.50. The van der Waals surface area contributed by atoms with Gasteiger partial charge in [0.2, 0.25) is 10.0 Å². The standard InChI is InChI=1S/C21H24ClNO6S/c1-27-18-6-8-19(9-7-18)30(25,26)23-11-3-4-15(13-23)21(24)29-14-16-12-17(22)5-10-20(16)28-2/h5-10,12,15H,3-4,11,13-14H2,1-2H3. The van der Waals surface area contributed by atoms with Crippen LogP contribution in [0.5, 0.6) is 11.5 Å². The third-order valence-corrected chi connectivity index (χ3v) is 7.14. The van der Waals surface area contributed by atoms with Crippen LogP contribution in [0.1, 0.15) is 18.4 Å².